The highest BCUT2D eigenvalue weighted by molar-refractivity contribution is 6.17. The summed E-state index contributed by atoms with van der Waals surface area (Å²) in [5.74, 6) is 0.723. The molecule has 4 nitrogen and oxygen atoms in total. The van der Waals surface area contributed by atoms with Gasteiger partial charge in [-0.25, -0.2) is 0 Å². The minimum absolute atomic E-state index is 0.0224. The third kappa shape index (κ3) is 3.59. The lowest BCUT2D eigenvalue weighted by atomic mass is 9.36. The van der Waals surface area contributed by atoms with Crippen molar-refractivity contribution in [1.29, 1.82) is 0 Å². The third-order valence-corrected chi connectivity index (χ3v) is 12.8. The molecule has 5 aliphatic rings. The molecule has 206 valence electrons. The summed E-state index contributed by atoms with van der Waals surface area (Å²) < 4.78 is 11.2. The fraction of sp³-hybridized carbons (Fsp3) is 0.812. The van der Waals surface area contributed by atoms with Crippen molar-refractivity contribution in [1.82, 2.24) is 0 Å². The summed E-state index contributed by atoms with van der Waals surface area (Å²) in [6.45, 7) is 15.9. The molecule has 37 heavy (non-hydrogen) atoms. The van der Waals surface area contributed by atoms with Crippen molar-refractivity contribution in [3.8, 4) is 0 Å². The van der Waals surface area contributed by atoms with Gasteiger partial charge in [0.15, 0.2) is 6.07 Å². The van der Waals surface area contributed by atoms with Gasteiger partial charge in [0.05, 0.1) is 0 Å². The monoisotopic (exact) mass is 530 g/mol. The second-order valence-corrected chi connectivity index (χ2v) is 14.6. The van der Waals surface area contributed by atoms with E-state index in [2.05, 4.69) is 46.8 Å². The molecule has 5 rings (SSSR count). The van der Waals surface area contributed by atoms with Crippen LogP contribution in [0.1, 0.15) is 106 Å². The molecule has 0 radical (unpaired) electrons. The number of fused-ring (bicyclic) bond motifs is 7. The minimum atomic E-state index is -0.927. The van der Waals surface area contributed by atoms with Gasteiger partial charge in [-0.3, -0.25) is 9.59 Å². The van der Waals surface area contributed by atoms with E-state index >= 15 is 0 Å². The zero-order chi connectivity index (χ0) is 27.0. The van der Waals surface area contributed by atoms with Crippen LogP contribution in [0.2, 0.25) is 0 Å². The van der Waals surface area contributed by atoms with Crippen molar-refractivity contribution in [2.75, 3.05) is 6.07 Å². The number of carbonyl (C=O) groups excluding carboxylic acids is 2. The first-order chi connectivity index (χ1) is 17.3. The first-order valence-corrected chi connectivity index (χ1v) is 15.1. The highest BCUT2D eigenvalue weighted by atomic mass is 35.5. The normalized spacial score (nSPS) is 48.8. The molecule has 0 aromatic carbocycles. The van der Waals surface area contributed by atoms with Gasteiger partial charge in [0.1, 0.15) is 11.5 Å². The Labute approximate surface area is 228 Å². The fourth-order valence-corrected chi connectivity index (χ4v) is 10.7. The molecule has 0 N–H and O–H groups in total. The lowest BCUT2D eigenvalue weighted by Gasteiger charge is -2.68. The first kappa shape index (κ1) is 27.3. The Morgan fingerprint density at radius 2 is 1.68 bits per heavy atom. The lowest BCUT2D eigenvalue weighted by Crippen LogP contribution is -2.63. The number of alkyl halides is 1. The SMILES string of the molecule is CC(=O)O[C@@H]1CC[C@]2(C)C3=CC=C4[C@@H]5[C@@H](C)CCC[C@]5(C)CC[C@]4(C)[C@]3(C)CC[C@H]2[C@@]1(C)C(=O)OCCl. The standard InChI is InChI=1S/C32H47ClO4/c1-20-9-8-14-28(3)17-18-30(5)22(26(20)28)10-11-23-29(4)15-13-25(37-21(2)34)32(7,27(35)36-19-33)24(29)12-16-31(23,30)6/h10-11,20,24-26H,8-9,12-19H2,1-7H3/t20-,24+,25+,26-,28+,29+,30-,31+,32+/m0/s1. The van der Waals surface area contributed by atoms with Crippen molar-refractivity contribution >= 4 is 23.5 Å². The van der Waals surface area contributed by atoms with Crippen molar-refractivity contribution < 1.29 is 19.1 Å². The van der Waals surface area contributed by atoms with Gasteiger partial charge in [-0.1, -0.05) is 82.4 Å². The number of ether oxygens (including phenoxy) is 2. The Morgan fingerprint density at radius 1 is 0.946 bits per heavy atom. The molecule has 0 aliphatic heterocycles. The molecule has 0 aromatic heterocycles. The van der Waals surface area contributed by atoms with E-state index in [1.807, 2.05) is 6.92 Å². The first-order valence-electron chi connectivity index (χ1n) is 14.6. The van der Waals surface area contributed by atoms with E-state index in [9.17, 15) is 9.59 Å². The molecule has 4 fully saturated rings. The maximum atomic E-state index is 13.5. The highest BCUT2D eigenvalue weighted by Gasteiger charge is 2.68. The van der Waals surface area contributed by atoms with Crippen LogP contribution in [-0.4, -0.2) is 24.1 Å². The molecular formula is C32H47ClO4. The Morgan fingerprint density at radius 3 is 2.35 bits per heavy atom. The van der Waals surface area contributed by atoms with Crippen LogP contribution in [0.25, 0.3) is 0 Å². The van der Waals surface area contributed by atoms with Gasteiger partial charge < -0.3 is 9.47 Å². The number of halogens is 1. The van der Waals surface area contributed by atoms with Gasteiger partial charge in [-0.15, -0.1) is 0 Å². The van der Waals surface area contributed by atoms with Gasteiger partial charge in [0.2, 0.25) is 0 Å². The molecule has 0 amide bonds. The van der Waals surface area contributed by atoms with Crippen LogP contribution in [-0.2, 0) is 19.1 Å². The molecule has 4 saturated carbocycles. The topological polar surface area (TPSA) is 52.6 Å². The summed E-state index contributed by atoms with van der Waals surface area (Å²) in [4.78, 5) is 25.6. The summed E-state index contributed by atoms with van der Waals surface area (Å²) in [7, 11) is 0. The zero-order valence-electron chi connectivity index (χ0n) is 24.0. The molecule has 5 aliphatic carbocycles. The predicted molar refractivity (Wildman–Crippen MR) is 147 cm³/mol. The van der Waals surface area contributed by atoms with Crippen LogP contribution in [0.4, 0.5) is 0 Å². The number of hydrogen-bond donors (Lipinski definition) is 0. The summed E-state index contributed by atoms with van der Waals surface area (Å²) in [6, 6.07) is -0.187. The van der Waals surface area contributed by atoms with Gasteiger partial charge in [0, 0.05) is 6.92 Å². The van der Waals surface area contributed by atoms with E-state index in [1.165, 1.54) is 44.6 Å². The minimum Gasteiger partial charge on any atom is -0.461 e. The second kappa shape index (κ2) is 8.86. The summed E-state index contributed by atoms with van der Waals surface area (Å²) in [5.41, 5.74) is 2.68. The summed E-state index contributed by atoms with van der Waals surface area (Å²) in [5, 5.41) is 0. The van der Waals surface area contributed by atoms with E-state index in [4.69, 9.17) is 21.1 Å². The van der Waals surface area contributed by atoms with Gasteiger partial charge in [0.25, 0.3) is 0 Å². The Hall–Kier alpha value is -1.29. The molecule has 9 atom stereocenters. The van der Waals surface area contributed by atoms with Gasteiger partial charge in [-0.05, 0) is 91.3 Å². The zero-order valence-corrected chi connectivity index (χ0v) is 24.8. The number of carbonyl (C=O) groups is 2. The van der Waals surface area contributed by atoms with Gasteiger partial charge >= 0.3 is 11.9 Å². The maximum absolute atomic E-state index is 13.5. The third-order valence-electron chi connectivity index (χ3n) is 12.7. The van der Waals surface area contributed by atoms with Crippen molar-refractivity contribution in [2.45, 2.75) is 112 Å². The van der Waals surface area contributed by atoms with Crippen molar-refractivity contribution in [3.63, 3.8) is 0 Å². The van der Waals surface area contributed by atoms with Crippen LogP contribution < -0.4 is 0 Å². The molecular weight excluding hydrogens is 484 g/mol. The number of hydrogen-bond acceptors (Lipinski definition) is 4. The fourth-order valence-electron chi connectivity index (χ4n) is 10.6. The van der Waals surface area contributed by atoms with Crippen molar-refractivity contribution in [3.05, 3.63) is 23.3 Å². The average Bonchev–Trinajstić information content (AvgIpc) is 2.81. The molecule has 0 bridgehead atoms. The molecule has 0 heterocycles. The molecule has 0 unspecified atom stereocenters. The summed E-state index contributed by atoms with van der Waals surface area (Å²) in [6.07, 6.45) is 14.6. The van der Waals surface area contributed by atoms with E-state index in [1.54, 1.807) is 5.57 Å². The Bertz CT molecular complexity index is 1050. The average molecular weight is 531 g/mol. The number of rotatable bonds is 3. The predicted octanol–water partition coefficient (Wildman–Crippen LogP) is 7.99. The quantitative estimate of drug-likeness (QED) is 0.274. The number of esters is 2. The largest absolute Gasteiger partial charge is 0.461 e. The van der Waals surface area contributed by atoms with Gasteiger partial charge in [-0.2, -0.15) is 0 Å². The van der Waals surface area contributed by atoms with E-state index in [0.717, 1.165) is 25.2 Å². The molecule has 0 aromatic rings. The van der Waals surface area contributed by atoms with Crippen molar-refractivity contribution in [2.24, 2.45) is 44.8 Å². The van der Waals surface area contributed by atoms with Crippen LogP contribution in [0, 0.1) is 44.8 Å². The lowest BCUT2D eigenvalue weighted by molar-refractivity contribution is -0.195. The number of allylic oxidation sites excluding steroid dienone is 4. The van der Waals surface area contributed by atoms with E-state index in [-0.39, 0.29) is 40.2 Å². The second-order valence-electron chi connectivity index (χ2n) is 14.3. The van der Waals surface area contributed by atoms with E-state index < -0.39 is 11.5 Å². The molecule has 0 saturated heterocycles. The summed E-state index contributed by atoms with van der Waals surface area (Å²) >= 11 is 5.88. The van der Waals surface area contributed by atoms with Crippen LogP contribution in [0.3, 0.4) is 0 Å². The Kier molecular flexibility index (Phi) is 6.54. The Balaban J connectivity index is 1.61. The molecule has 5 heteroatoms. The van der Waals surface area contributed by atoms with E-state index in [0.29, 0.717) is 17.8 Å². The van der Waals surface area contributed by atoms with Crippen LogP contribution >= 0.6 is 11.6 Å². The van der Waals surface area contributed by atoms with Crippen LogP contribution in [0.15, 0.2) is 23.3 Å². The molecule has 0 spiro atoms. The smallest absolute Gasteiger partial charge is 0.317 e. The highest BCUT2D eigenvalue weighted by Crippen LogP contribution is 2.74. The maximum Gasteiger partial charge on any atom is 0.317 e. The van der Waals surface area contributed by atoms with Crippen LogP contribution in [0.5, 0.6) is 0 Å².